The number of rotatable bonds is 4. The predicted octanol–water partition coefficient (Wildman–Crippen LogP) is 1.71. The maximum atomic E-state index is 11.9. The van der Waals surface area contributed by atoms with Crippen LogP contribution in [0.25, 0.3) is 0 Å². The molecule has 0 aliphatic rings. The summed E-state index contributed by atoms with van der Waals surface area (Å²) in [4.78, 5) is 19.2. The maximum Gasteiger partial charge on any atom is 0.508 e. The number of hydrogen-bond donors (Lipinski definition) is 0. The molecule has 0 amide bonds. The maximum absolute atomic E-state index is 11.9. The molecule has 0 aromatic rings. The van der Waals surface area contributed by atoms with E-state index in [2.05, 4.69) is 15.5 Å². The standard InChI is InChI=1S/C8H11F3O4S.CH2O/c1-5(7(2,3)6(12)14-4)15-16(13)8(9,10)11;1-2/h1H2,2-4H3;1H2. The third-order valence-corrected chi connectivity index (χ3v) is 2.49. The predicted molar refractivity (Wildman–Crippen MR) is 57.3 cm³/mol. The number of halogens is 3. The van der Waals surface area contributed by atoms with Gasteiger partial charge in [0, 0.05) is 0 Å². The molecule has 0 aliphatic heterocycles. The van der Waals surface area contributed by atoms with Crippen LogP contribution in [-0.4, -0.2) is 29.6 Å². The normalized spacial score (nSPS) is 12.8. The molecular weight excluding hydrogens is 277 g/mol. The summed E-state index contributed by atoms with van der Waals surface area (Å²) in [6, 6.07) is 0. The van der Waals surface area contributed by atoms with Crippen molar-refractivity contribution in [3.05, 3.63) is 12.3 Å². The Morgan fingerprint density at radius 1 is 1.22 bits per heavy atom. The summed E-state index contributed by atoms with van der Waals surface area (Å²) < 4.78 is 54.7. The van der Waals surface area contributed by atoms with E-state index in [0.717, 1.165) is 7.11 Å². The lowest BCUT2D eigenvalue weighted by Crippen LogP contribution is -2.30. The highest BCUT2D eigenvalue weighted by Crippen LogP contribution is 2.31. The Balaban J connectivity index is 0. The second kappa shape index (κ2) is 7.14. The van der Waals surface area contributed by atoms with E-state index in [4.69, 9.17) is 4.79 Å². The molecule has 0 saturated heterocycles. The summed E-state index contributed by atoms with van der Waals surface area (Å²) in [5.74, 6) is -1.41. The zero-order valence-electron chi connectivity index (χ0n) is 10.00. The van der Waals surface area contributed by atoms with Gasteiger partial charge in [-0.05, 0) is 13.8 Å². The van der Waals surface area contributed by atoms with Crippen LogP contribution in [0.2, 0.25) is 0 Å². The molecule has 0 aromatic carbocycles. The van der Waals surface area contributed by atoms with Gasteiger partial charge in [-0.15, -0.1) is 0 Å². The zero-order valence-corrected chi connectivity index (χ0v) is 10.8. The monoisotopic (exact) mass is 290 g/mol. The summed E-state index contributed by atoms with van der Waals surface area (Å²) in [5, 5.41) is 0. The third kappa shape index (κ3) is 5.30. The fourth-order valence-corrected chi connectivity index (χ4v) is 1.10. The van der Waals surface area contributed by atoms with Crippen molar-refractivity contribution in [3.8, 4) is 0 Å². The molecule has 0 fully saturated rings. The molecule has 5 nitrogen and oxygen atoms in total. The van der Waals surface area contributed by atoms with Gasteiger partial charge in [-0.3, -0.25) is 4.79 Å². The fourth-order valence-electron chi connectivity index (χ4n) is 0.612. The van der Waals surface area contributed by atoms with Crippen molar-refractivity contribution in [2.24, 2.45) is 5.41 Å². The van der Waals surface area contributed by atoms with Crippen molar-refractivity contribution in [2.75, 3.05) is 7.11 Å². The van der Waals surface area contributed by atoms with Crippen LogP contribution in [0.4, 0.5) is 13.2 Å². The van der Waals surface area contributed by atoms with Crippen molar-refractivity contribution >= 4 is 23.8 Å². The van der Waals surface area contributed by atoms with Crippen LogP contribution in [0.15, 0.2) is 12.3 Å². The van der Waals surface area contributed by atoms with E-state index in [1.807, 2.05) is 6.79 Å². The smallest absolute Gasteiger partial charge is 0.468 e. The van der Waals surface area contributed by atoms with Gasteiger partial charge in [0.1, 0.15) is 18.0 Å². The molecule has 0 heterocycles. The van der Waals surface area contributed by atoms with Gasteiger partial charge < -0.3 is 13.7 Å². The summed E-state index contributed by atoms with van der Waals surface area (Å²) >= 11 is -3.54. The molecule has 0 saturated carbocycles. The van der Waals surface area contributed by atoms with E-state index in [0.29, 0.717) is 0 Å². The quantitative estimate of drug-likeness (QED) is 0.582. The summed E-state index contributed by atoms with van der Waals surface area (Å²) in [7, 11) is 1.07. The summed E-state index contributed by atoms with van der Waals surface area (Å²) in [6.45, 7) is 7.62. The first-order valence-corrected chi connectivity index (χ1v) is 5.34. The minimum atomic E-state index is -5.02. The van der Waals surface area contributed by atoms with Crippen LogP contribution in [-0.2, 0) is 29.6 Å². The lowest BCUT2D eigenvalue weighted by Gasteiger charge is -2.23. The molecule has 0 rings (SSSR count). The molecule has 0 radical (unpaired) electrons. The van der Waals surface area contributed by atoms with E-state index < -0.39 is 33.7 Å². The molecule has 9 heteroatoms. The topological polar surface area (TPSA) is 69.7 Å². The van der Waals surface area contributed by atoms with E-state index in [1.165, 1.54) is 13.8 Å². The van der Waals surface area contributed by atoms with Gasteiger partial charge in [-0.2, -0.15) is 13.2 Å². The molecule has 0 aromatic heterocycles. The molecule has 1 unspecified atom stereocenters. The average Bonchev–Trinajstić information content (AvgIpc) is 2.28. The molecular formula is C9H13F3O5S. The number of methoxy groups -OCH3 is 1. The van der Waals surface area contributed by atoms with E-state index >= 15 is 0 Å². The number of carbonyl (C=O) groups excluding carboxylic acids is 2. The summed E-state index contributed by atoms with van der Waals surface area (Å²) in [6.07, 6.45) is 0. The van der Waals surface area contributed by atoms with Gasteiger partial charge in [0.15, 0.2) is 0 Å². The van der Waals surface area contributed by atoms with Crippen LogP contribution < -0.4 is 0 Å². The minimum Gasteiger partial charge on any atom is -0.468 e. The first-order chi connectivity index (χ1) is 8.03. The SMILES string of the molecule is C=C(OS(=O)C(F)(F)F)C(C)(C)C(=O)OC.C=O. The van der Waals surface area contributed by atoms with Crippen LogP contribution in [0.3, 0.4) is 0 Å². The van der Waals surface area contributed by atoms with Crippen molar-refractivity contribution in [1.82, 2.24) is 0 Å². The molecule has 18 heavy (non-hydrogen) atoms. The van der Waals surface area contributed by atoms with Crippen LogP contribution in [0.1, 0.15) is 13.8 Å². The Kier molecular flexibility index (Phi) is 7.53. The van der Waals surface area contributed by atoms with E-state index in [-0.39, 0.29) is 0 Å². The van der Waals surface area contributed by atoms with Crippen molar-refractivity contribution in [3.63, 3.8) is 0 Å². The van der Waals surface area contributed by atoms with E-state index in [1.54, 1.807) is 0 Å². The fraction of sp³-hybridized carbons (Fsp3) is 0.556. The number of alkyl halides is 3. The van der Waals surface area contributed by atoms with Crippen molar-refractivity contribution in [2.45, 2.75) is 19.4 Å². The Bertz CT molecular complexity index is 338. The van der Waals surface area contributed by atoms with Gasteiger partial charge >= 0.3 is 22.6 Å². The van der Waals surface area contributed by atoms with E-state index in [9.17, 15) is 22.2 Å². The summed E-state index contributed by atoms with van der Waals surface area (Å²) in [5.41, 5.74) is -6.52. The van der Waals surface area contributed by atoms with Gasteiger partial charge in [0.05, 0.1) is 7.11 Å². The molecule has 0 N–H and O–H groups in total. The zero-order chi connectivity index (χ0) is 15.1. The van der Waals surface area contributed by atoms with Crippen molar-refractivity contribution in [1.29, 1.82) is 0 Å². The van der Waals surface area contributed by atoms with Crippen LogP contribution >= 0.6 is 0 Å². The largest absolute Gasteiger partial charge is 0.508 e. The average molecular weight is 290 g/mol. The third-order valence-electron chi connectivity index (χ3n) is 1.76. The van der Waals surface area contributed by atoms with Crippen molar-refractivity contribution < 1.29 is 35.9 Å². The second-order valence-corrected chi connectivity index (χ2v) is 4.40. The number of hydrogen-bond acceptors (Lipinski definition) is 5. The van der Waals surface area contributed by atoms with Gasteiger partial charge in [-0.1, -0.05) is 6.58 Å². The second-order valence-electron chi connectivity index (χ2n) is 3.30. The lowest BCUT2D eigenvalue weighted by atomic mass is 9.92. The molecule has 0 bridgehead atoms. The highest BCUT2D eigenvalue weighted by molar-refractivity contribution is 7.81. The lowest BCUT2D eigenvalue weighted by molar-refractivity contribution is -0.149. The Labute approximate surface area is 105 Å². The highest BCUT2D eigenvalue weighted by Gasteiger charge is 2.43. The molecule has 0 spiro atoms. The van der Waals surface area contributed by atoms with Crippen LogP contribution in [0, 0.1) is 5.41 Å². The molecule has 106 valence electrons. The Morgan fingerprint density at radius 2 is 1.61 bits per heavy atom. The van der Waals surface area contributed by atoms with Gasteiger partial charge in [-0.25, -0.2) is 4.21 Å². The number of esters is 1. The first-order valence-electron chi connectivity index (χ1n) is 4.27. The number of carbonyl (C=O) groups is 2. The molecule has 0 aliphatic carbocycles. The highest BCUT2D eigenvalue weighted by atomic mass is 32.2. The van der Waals surface area contributed by atoms with Gasteiger partial charge in [0.2, 0.25) is 0 Å². The van der Waals surface area contributed by atoms with Crippen LogP contribution in [0.5, 0.6) is 0 Å². The number of ether oxygens (including phenoxy) is 1. The Hall–Kier alpha value is -1.38. The Morgan fingerprint density at radius 3 is 1.89 bits per heavy atom. The first kappa shape index (κ1) is 19.0. The minimum absolute atomic E-state index is 0.574. The van der Waals surface area contributed by atoms with Gasteiger partial charge in [0.25, 0.3) is 0 Å². The molecule has 1 atom stereocenters.